The molecule has 0 spiro atoms. The molecule has 0 bridgehead atoms. The van der Waals surface area contributed by atoms with Gasteiger partial charge in [0.2, 0.25) is 0 Å². The van der Waals surface area contributed by atoms with Crippen molar-refractivity contribution in [1.82, 2.24) is 18.7 Å². The van der Waals surface area contributed by atoms with Crippen molar-refractivity contribution < 1.29 is 0 Å². The summed E-state index contributed by atoms with van der Waals surface area (Å²) in [5.74, 6) is 0.627. The molecule has 2 heterocycles. The molecule has 7 heteroatoms. The Morgan fingerprint density at radius 2 is 1.89 bits per heavy atom. The molecule has 0 fully saturated rings. The number of fused-ring (bicyclic) bond motifs is 1. The van der Waals surface area contributed by atoms with Gasteiger partial charge < -0.3 is 10.3 Å². The van der Waals surface area contributed by atoms with Crippen LogP contribution in [0.25, 0.3) is 11.2 Å². The second kappa shape index (κ2) is 4.65. The molecule has 2 aromatic rings. The van der Waals surface area contributed by atoms with Gasteiger partial charge in [0.1, 0.15) is 11.5 Å². The van der Waals surface area contributed by atoms with Crippen LogP contribution in [0.3, 0.4) is 0 Å². The highest BCUT2D eigenvalue weighted by atomic mass is 16.2. The first-order valence-corrected chi connectivity index (χ1v) is 6.30. The van der Waals surface area contributed by atoms with Crippen molar-refractivity contribution in [2.24, 2.45) is 19.8 Å². The summed E-state index contributed by atoms with van der Waals surface area (Å²) in [6, 6.07) is 0.126. The van der Waals surface area contributed by atoms with Crippen LogP contribution in [-0.4, -0.2) is 18.7 Å². The van der Waals surface area contributed by atoms with Crippen LogP contribution in [0.4, 0.5) is 0 Å². The van der Waals surface area contributed by atoms with E-state index in [2.05, 4.69) is 4.98 Å². The van der Waals surface area contributed by atoms with Gasteiger partial charge in [-0.2, -0.15) is 0 Å². The third-order valence-corrected chi connectivity index (χ3v) is 3.57. The van der Waals surface area contributed by atoms with E-state index in [1.165, 1.54) is 11.6 Å². The summed E-state index contributed by atoms with van der Waals surface area (Å²) in [6.07, 6.45) is 0.863. The van der Waals surface area contributed by atoms with Crippen LogP contribution in [0.15, 0.2) is 9.59 Å². The van der Waals surface area contributed by atoms with Gasteiger partial charge in [-0.05, 0) is 13.3 Å². The highest BCUT2D eigenvalue weighted by molar-refractivity contribution is 5.71. The second-order valence-electron chi connectivity index (χ2n) is 4.74. The zero-order valence-corrected chi connectivity index (χ0v) is 11.7. The number of imidazole rings is 1. The quantitative estimate of drug-likeness (QED) is 0.837. The lowest BCUT2D eigenvalue weighted by molar-refractivity contribution is 0.511. The summed E-state index contributed by atoms with van der Waals surface area (Å²) in [5, 5.41) is 0. The fraction of sp³-hybridized carbons (Fsp3) is 0.583. The standard InChI is InChI=1S/C12H19N5O2/c1-5-7(2)17-8(6-13)14-9-10(17)15(3)12(19)16(4)11(9)18/h7H,5-6,13H2,1-4H3. The zero-order valence-electron chi connectivity index (χ0n) is 11.7. The predicted octanol–water partition coefficient (Wildman–Crippen LogP) is -0.137. The smallest absolute Gasteiger partial charge is 0.324 e. The number of hydrogen-bond acceptors (Lipinski definition) is 4. The van der Waals surface area contributed by atoms with E-state index < -0.39 is 0 Å². The lowest BCUT2D eigenvalue weighted by atomic mass is 10.2. The summed E-state index contributed by atoms with van der Waals surface area (Å²) in [4.78, 5) is 28.5. The summed E-state index contributed by atoms with van der Waals surface area (Å²) >= 11 is 0. The van der Waals surface area contributed by atoms with E-state index in [0.717, 1.165) is 11.0 Å². The molecule has 19 heavy (non-hydrogen) atoms. The van der Waals surface area contributed by atoms with Crippen molar-refractivity contribution in [1.29, 1.82) is 0 Å². The van der Waals surface area contributed by atoms with Crippen molar-refractivity contribution in [2.45, 2.75) is 32.9 Å². The first-order chi connectivity index (χ1) is 8.93. The van der Waals surface area contributed by atoms with Gasteiger partial charge in [-0.1, -0.05) is 6.92 Å². The Balaban J connectivity index is 3.03. The minimum atomic E-state index is -0.380. The molecule has 0 aliphatic heterocycles. The number of hydrogen-bond donors (Lipinski definition) is 1. The number of nitrogens with zero attached hydrogens (tertiary/aromatic N) is 4. The highest BCUT2D eigenvalue weighted by Gasteiger charge is 2.20. The lowest BCUT2D eigenvalue weighted by Crippen LogP contribution is -2.37. The number of aromatic nitrogens is 4. The highest BCUT2D eigenvalue weighted by Crippen LogP contribution is 2.19. The molecule has 104 valence electrons. The van der Waals surface area contributed by atoms with Crippen molar-refractivity contribution in [3.63, 3.8) is 0 Å². The molecule has 2 aromatic heterocycles. The predicted molar refractivity (Wildman–Crippen MR) is 73.1 cm³/mol. The van der Waals surface area contributed by atoms with Gasteiger partial charge in [0.25, 0.3) is 5.56 Å². The molecule has 0 radical (unpaired) electrons. The third kappa shape index (κ3) is 1.81. The summed E-state index contributed by atoms with van der Waals surface area (Å²) in [7, 11) is 3.10. The van der Waals surface area contributed by atoms with Crippen molar-refractivity contribution in [3.05, 3.63) is 26.7 Å². The van der Waals surface area contributed by atoms with E-state index in [1.54, 1.807) is 7.05 Å². The SMILES string of the molecule is CCC(C)n1c(CN)nc2c(=O)n(C)c(=O)n(C)c21. The molecule has 7 nitrogen and oxygen atoms in total. The van der Waals surface area contributed by atoms with Crippen LogP contribution >= 0.6 is 0 Å². The maximum absolute atomic E-state index is 12.1. The van der Waals surface area contributed by atoms with E-state index in [1.807, 2.05) is 18.4 Å². The Bertz CT molecular complexity index is 737. The average molecular weight is 265 g/mol. The molecule has 1 atom stereocenters. The number of nitrogens with two attached hydrogens (primary N) is 1. The maximum Gasteiger partial charge on any atom is 0.332 e. The second-order valence-corrected chi connectivity index (χ2v) is 4.74. The van der Waals surface area contributed by atoms with Crippen molar-refractivity contribution >= 4 is 11.2 Å². The monoisotopic (exact) mass is 265 g/mol. The Morgan fingerprint density at radius 3 is 2.42 bits per heavy atom. The Morgan fingerprint density at radius 1 is 1.26 bits per heavy atom. The van der Waals surface area contributed by atoms with Crippen LogP contribution in [0.2, 0.25) is 0 Å². The fourth-order valence-corrected chi connectivity index (χ4v) is 2.28. The molecule has 0 saturated carbocycles. The van der Waals surface area contributed by atoms with Gasteiger partial charge in [-0.25, -0.2) is 9.78 Å². The Kier molecular flexibility index (Phi) is 3.32. The molecule has 0 amide bonds. The minimum absolute atomic E-state index is 0.126. The van der Waals surface area contributed by atoms with E-state index in [4.69, 9.17) is 5.73 Å². The molecule has 0 aliphatic rings. The molecule has 2 N–H and O–H groups in total. The summed E-state index contributed by atoms with van der Waals surface area (Å²) in [5.41, 5.74) is 5.81. The first kappa shape index (κ1) is 13.5. The van der Waals surface area contributed by atoms with Gasteiger partial charge in [0.05, 0.1) is 6.54 Å². The first-order valence-electron chi connectivity index (χ1n) is 6.30. The fourth-order valence-electron chi connectivity index (χ4n) is 2.28. The van der Waals surface area contributed by atoms with Gasteiger partial charge in [0.15, 0.2) is 5.52 Å². The topological polar surface area (TPSA) is 87.8 Å². The van der Waals surface area contributed by atoms with Crippen LogP contribution in [0, 0.1) is 0 Å². The van der Waals surface area contributed by atoms with Gasteiger partial charge in [-0.3, -0.25) is 13.9 Å². The zero-order chi connectivity index (χ0) is 14.3. The van der Waals surface area contributed by atoms with Gasteiger partial charge >= 0.3 is 5.69 Å². The molecular formula is C12H19N5O2. The van der Waals surface area contributed by atoms with Crippen LogP contribution in [0.5, 0.6) is 0 Å². The van der Waals surface area contributed by atoms with Crippen LogP contribution < -0.4 is 17.0 Å². The van der Waals surface area contributed by atoms with Gasteiger partial charge in [-0.15, -0.1) is 0 Å². The largest absolute Gasteiger partial charge is 0.332 e. The number of aryl methyl sites for hydroxylation is 1. The van der Waals surface area contributed by atoms with Crippen LogP contribution in [-0.2, 0) is 20.6 Å². The summed E-state index contributed by atoms with van der Waals surface area (Å²) in [6.45, 7) is 4.29. The Labute approximate surface area is 110 Å². The molecule has 1 unspecified atom stereocenters. The lowest BCUT2D eigenvalue weighted by Gasteiger charge is -2.16. The van der Waals surface area contributed by atoms with Crippen molar-refractivity contribution in [2.75, 3.05) is 0 Å². The van der Waals surface area contributed by atoms with Crippen LogP contribution in [0.1, 0.15) is 32.1 Å². The average Bonchev–Trinajstić information content (AvgIpc) is 2.81. The van der Waals surface area contributed by atoms with E-state index >= 15 is 0 Å². The van der Waals surface area contributed by atoms with E-state index in [-0.39, 0.29) is 23.8 Å². The minimum Gasteiger partial charge on any atom is -0.324 e. The molecule has 2 rings (SSSR count). The molecule has 0 aliphatic carbocycles. The third-order valence-electron chi connectivity index (χ3n) is 3.57. The van der Waals surface area contributed by atoms with E-state index in [9.17, 15) is 9.59 Å². The van der Waals surface area contributed by atoms with E-state index in [0.29, 0.717) is 17.0 Å². The normalized spacial score (nSPS) is 13.1. The maximum atomic E-state index is 12.1. The summed E-state index contributed by atoms with van der Waals surface area (Å²) < 4.78 is 4.41. The van der Waals surface area contributed by atoms with Gasteiger partial charge in [0, 0.05) is 20.1 Å². The molecule has 0 aromatic carbocycles. The number of rotatable bonds is 3. The molecule has 0 saturated heterocycles. The Hall–Kier alpha value is -1.89. The molecular weight excluding hydrogens is 246 g/mol. The van der Waals surface area contributed by atoms with Crippen molar-refractivity contribution in [3.8, 4) is 0 Å².